The molecule has 2 aromatic rings. The largest absolute Gasteiger partial charge is 0.462 e. The van der Waals surface area contributed by atoms with Crippen LogP contribution in [0.5, 0.6) is 0 Å². The summed E-state index contributed by atoms with van der Waals surface area (Å²) in [6.45, 7) is 5.54. The lowest BCUT2D eigenvalue weighted by Gasteiger charge is -2.34. The second-order valence-electron chi connectivity index (χ2n) is 5.12. The molecule has 4 heteroatoms. The van der Waals surface area contributed by atoms with E-state index in [9.17, 15) is 4.79 Å². The van der Waals surface area contributed by atoms with E-state index in [0.717, 1.165) is 18.8 Å². The second-order valence-corrected chi connectivity index (χ2v) is 5.12. The van der Waals surface area contributed by atoms with Crippen molar-refractivity contribution in [2.24, 2.45) is 0 Å². The monoisotopic (exact) mass is 270 g/mol. The highest BCUT2D eigenvalue weighted by Gasteiger charge is 2.25. The Kier molecular flexibility index (Phi) is 3.22. The van der Waals surface area contributed by atoms with Crippen LogP contribution in [0.2, 0.25) is 0 Å². The number of aromatic nitrogens is 1. The third-order valence-corrected chi connectivity index (χ3v) is 3.78. The van der Waals surface area contributed by atoms with Gasteiger partial charge in [-0.2, -0.15) is 0 Å². The first-order valence-corrected chi connectivity index (χ1v) is 6.85. The smallest absolute Gasteiger partial charge is 0.247 e. The summed E-state index contributed by atoms with van der Waals surface area (Å²) in [5, 5.41) is 0. The zero-order chi connectivity index (χ0) is 14.1. The van der Waals surface area contributed by atoms with Crippen molar-refractivity contribution in [1.82, 2.24) is 9.47 Å². The molecule has 0 radical (unpaired) electrons. The van der Waals surface area contributed by atoms with Gasteiger partial charge in [-0.3, -0.25) is 4.79 Å². The minimum absolute atomic E-state index is 0.0269. The Labute approximate surface area is 118 Å². The van der Waals surface area contributed by atoms with E-state index in [4.69, 9.17) is 4.42 Å². The number of fused-ring (bicyclic) bond motifs is 1. The SMILES string of the molecule is Cc1ccc(/C=C/C(=O)N2CCn3cccc3[C@@H]2C)o1. The molecule has 3 heterocycles. The normalized spacial score (nSPS) is 18.5. The second kappa shape index (κ2) is 5.04. The molecule has 0 bridgehead atoms. The molecule has 2 aromatic heterocycles. The summed E-state index contributed by atoms with van der Waals surface area (Å²) in [4.78, 5) is 14.2. The average molecular weight is 270 g/mol. The Balaban J connectivity index is 1.74. The van der Waals surface area contributed by atoms with E-state index in [2.05, 4.69) is 23.8 Å². The molecule has 4 nitrogen and oxygen atoms in total. The Morgan fingerprint density at radius 2 is 2.20 bits per heavy atom. The molecule has 0 aliphatic carbocycles. The molecular weight excluding hydrogens is 252 g/mol. The number of hydrogen-bond donors (Lipinski definition) is 0. The number of nitrogens with zero attached hydrogens (tertiary/aromatic N) is 2. The molecule has 104 valence electrons. The molecule has 1 aliphatic heterocycles. The van der Waals surface area contributed by atoms with Gasteiger partial charge in [0.05, 0.1) is 6.04 Å². The predicted molar refractivity (Wildman–Crippen MR) is 77.0 cm³/mol. The van der Waals surface area contributed by atoms with Crippen LogP contribution in [0.1, 0.15) is 30.2 Å². The highest BCUT2D eigenvalue weighted by Crippen LogP contribution is 2.25. The molecule has 0 saturated heterocycles. The molecule has 0 saturated carbocycles. The van der Waals surface area contributed by atoms with Crippen LogP contribution >= 0.6 is 0 Å². The summed E-state index contributed by atoms with van der Waals surface area (Å²) >= 11 is 0. The lowest BCUT2D eigenvalue weighted by atomic mass is 10.1. The first-order chi connectivity index (χ1) is 9.65. The highest BCUT2D eigenvalue weighted by atomic mass is 16.3. The van der Waals surface area contributed by atoms with Crippen molar-refractivity contribution >= 4 is 12.0 Å². The van der Waals surface area contributed by atoms with E-state index in [-0.39, 0.29) is 11.9 Å². The van der Waals surface area contributed by atoms with Crippen molar-refractivity contribution in [2.75, 3.05) is 6.54 Å². The maximum absolute atomic E-state index is 12.3. The van der Waals surface area contributed by atoms with Crippen LogP contribution in [0, 0.1) is 6.92 Å². The van der Waals surface area contributed by atoms with Gasteiger partial charge in [-0.05, 0) is 44.2 Å². The van der Waals surface area contributed by atoms with Crippen LogP contribution in [0.25, 0.3) is 6.08 Å². The number of rotatable bonds is 2. The molecule has 1 amide bonds. The van der Waals surface area contributed by atoms with Crippen LogP contribution in [0.15, 0.2) is 41.0 Å². The van der Waals surface area contributed by atoms with E-state index in [0.29, 0.717) is 5.76 Å². The molecule has 0 aromatic carbocycles. The molecule has 0 fully saturated rings. The number of amides is 1. The topological polar surface area (TPSA) is 38.4 Å². The molecule has 0 spiro atoms. The number of carbonyl (C=O) groups is 1. The summed E-state index contributed by atoms with van der Waals surface area (Å²) in [6, 6.07) is 7.96. The van der Waals surface area contributed by atoms with Crippen molar-refractivity contribution in [3.8, 4) is 0 Å². The first kappa shape index (κ1) is 12.8. The molecule has 20 heavy (non-hydrogen) atoms. The van der Waals surface area contributed by atoms with Gasteiger partial charge in [0.15, 0.2) is 0 Å². The van der Waals surface area contributed by atoms with Crippen molar-refractivity contribution in [3.05, 3.63) is 53.8 Å². The average Bonchev–Trinajstić information content (AvgIpc) is 3.05. The Bertz CT molecular complexity index is 651. The van der Waals surface area contributed by atoms with Gasteiger partial charge in [0.2, 0.25) is 5.91 Å². The summed E-state index contributed by atoms with van der Waals surface area (Å²) in [5.41, 5.74) is 1.19. The number of aryl methyl sites for hydroxylation is 1. The highest BCUT2D eigenvalue weighted by molar-refractivity contribution is 5.91. The van der Waals surface area contributed by atoms with E-state index >= 15 is 0 Å². The summed E-state index contributed by atoms with van der Waals surface area (Å²) in [6.07, 6.45) is 5.39. The Morgan fingerprint density at radius 3 is 2.95 bits per heavy atom. The van der Waals surface area contributed by atoms with E-state index < -0.39 is 0 Å². The maximum Gasteiger partial charge on any atom is 0.247 e. The fourth-order valence-electron chi connectivity index (χ4n) is 2.67. The third kappa shape index (κ3) is 2.29. The third-order valence-electron chi connectivity index (χ3n) is 3.78. The molecule has 3 rings (SSSR count). The zero-order valence-corrected chi connectivity index (χ0v) is 11.7. The van der Waals surface area contributed by atoms with Gasteiger partial charge in [0.25, 0.3) is 0 Å². The Morgan fingerprint density at radius 1 is 1.35 bits per heavy atom. The predicted octanol–water partition coefficient (Wildman–Crippen LogP) is 3.01. The minimum Gasteiger partial charge on any atom is -0.462 e. The lowest BCUT2D eigenvalue weighted by molar-refractivity contribution is -0.129. The molecule has 1 aliphatic rings. The van der Waals surface area contributed by atoms with Gasteiger partial charge < -0.3 is 13.9 Å². The number of hydrogen-bond acceptors (Lipinski definition) is 2. The quantitative estimate of drug-likeness (QED) is 0.787. The van der Waals surface area contributed by atoms with E-state index in [1.165, 1.54) is 5.69 Å². The summed E-state index contributed by atoms with van der Waals surface area (Å²) in [5.74, 6) is 1.59. The molecule has 1 atom stereocenters. The van der Waals surface area contributed by atoms with Crippen LogP contribution in [0.3, 0.4) is 0 Å². The summed E-state index contributed by atoms with van der Waals surface area (Å²) < 4.78 is 7.63. The van der Waals surface area contributed by atoms with Crippen LogP contribution < -0.4 is 0 Å². The lowest BCUT2D eigenvalue weighted by Crippen LogP contribution is -2.39. The van der Waals surface area contributed by atoms with E-state index in [1.54, 1.807) is 12.2 Å². The fraction of sp³-hybridized carbons (Fsp3) is 0.312. The van der Waals surface area contributed by atoms with Crippen LogP contribution in [-0.2, 0) is 11.3 Å². The molecule has 0 N–H and O–H groups in total. The van der Waals surface area contributed by atoms with Gasteiger partial charge in [-0.1, -0.05) is 0 Å². The van der Waals surface area contributed by atoms with E-state index in [1.807, 2.05) is 30.0 Å². The van der Waals surface area contributed by atoms with Gasteiger partial charge in [-0.25, -0.2) is 0 Å². The fourth-order valence-corrected chi connectivity index (χ4v) is 2.67. The van der Waals surface area contributed by atoms with Crippen molar-refractivity contribution in [1.29, 1.82) is 0 Å². The minimum atomic E-state index is 0.0269. The summed E-state index contributed by atoms with van der Waals surface area (Å²) in [7, 11) is 0. The molecule has 0 unspecified atom stereocenters. The van der Waals surface area contributed by atoms with Gasteiger partial charge in [-0.15, -0.1) is 0 Å². The van der Waals surface area contributed by atoms with Crippen LogP contribution in [0.4, 0.5) is 0 Å². The van der Waals surface area contributed by atoms with Gasteiger partial charge >= 0.3 is 0 Å². The standard InChI is InChI=1S/C16H18N2O2/c1-12-5-6-14(20-12)7-8-16(19)18-11-10-17-9-3-4-15(17)13(18)2/h3-9,13H,10-11H2,1-2H3/b8-7+/t13-/m0/s1. The van der Waals surface area contributed by atoms with Crippen molar-refractivity contribution in [3.63, 3.8) is 0 Å². The van der Waals surface area contributed by atoms with Gasteiger partial charge in [0.1, 0.15) is 11.5 Å². The zero-order valence-electron chi connectivity index (χ0n) is 11.7. The number of carbonyl (C=O) groups excluding carboxylic acids is 1. The number of furan rings is 1. The van der Waals surface area contributed by atoms with Crippen molar-refractivity contribution in [2.45, 2.75) is 26.4 Å². The first-order valence-electron chi connectivity index (χ1n) is 6.85. The molecular formula is C16H18N2O2. The maximum atomic E-state index is 12.3. The van der Waals surface area contributed by atoms with Crippen molar-refractivity contribution < 1.29 is 9.21 Å². The Hall–Kier alpha value is -2.23. The van der Waals surface area contributed by atoms with Crippen LogP contribution in [-0.4, -0.2) is 21.9 Å². The van der Waals surface area contributed by atoms with Gasteiger partial charge in [0, 0.05) is 31.1 Å².